The second kappa shape index (κ2) is 6.51. The first-order chi connectivity index (χ1) is 9.63. The fourth-order valence-corrected chi connectivity index (χ4v) is 2.69. The maximum atomic E-state index is 8.83. The Hall–Kier alpha value is -1.89. The molecule has 0 fully saturated rings. The van der Waals surface area contributed by atoms with Gasteiger partial charge in [0.2, 0.25) is 0 Å². The van der Waals surface area contributed by atoms with Gasteiger partial charge < -0.3 is 10.6 Å². The van der Waals surface area contributed by atoms with Crippen LogP contribution in [0.25, 0.3) is 0 Å². The summed E-state index contributed by atoms with van der Waals surface area (Å²) >= 11 is 12.5. The lowest BCUT2D eigenvalue weighted by Crippen LogP contribution is -2.19. The molecule has 3 nitrogen and oxygen atoms in total. The predicted octanol–water partition coefficient (Wildman–Crippen LogP) is 4.63. The average Bonchev–Trinajstić information content (AvgIpc) is 2.42. The quantitative estimate of drug-likeness (QED) is 0.838. The van der Waals surface area contributed by atoms with Crippen molar-refractivity contribution in [3.8, 4) is 6.07 Å². The van der Waals surface area contributed by atoms with Gasteiger partial charge in [0.25, 0.3) is 0 Å². The lowest BCUT2D eigenvalue weighted by atomic mass is 10.2. The minimum atomic E-state index is 0.367. The van der Waals surface area contributed by atoms with Gasteiger partial charge in [0.15, 0.2) is 0 Å². The Bertz CT molecular complexity index is 612. The van der Waals surface area contributed by atoms with E-state index in [1.54, 1.807) is 12.1 Å². The number of rotatable bonds is 4. The third kappa shape index (κ3) is 3.16. The number of nitrogen functional groups attached to an aromatic ring is 1. The molecule has 0 atom stereocenters. The van der Waals surface area contributed by atoms with Crippen molar-refractivity contribution in [3.63, 3.8) is 0 Å². The van der Waals surface area contributed by atoms with E-state index in [1.165, 1.54) is 0 Å². The Labute approximate surface area is 128 Å². The van der Waals surface area contributed by atoms with Crippen LogP contribution in [-0.4, -0.2) is 6.54 Å². The second-order valence-electron chi connectivity index (χ2n) is 4.23. The third-order valence-electron chi connectivity index (χ3n) is 2.82. The highest BCUT2D eigenvalue weighted by Crippen LogP contribution is 2.39. The first-order valence-electron chi connectivity index (χ1n) is 6.07. The van der Waals surface area contributed by atoms with E-state index in [4.69, 9.17) is 34.2 Å². The molecule has 0 radical (unpaired) electrons. The zero-order chi connectivity index (χ0) is 14.5. The van der Waals surface area contributed by atoms with Gasteiger partial charge in [-0.2, -0.15) is 5.26 Å². The van der Waals surface area contributed by atoms with Crippen molar-refractivity contribution < 1.29 is 0 Å². The first kappa shape index (κ1) is 14.5. The number of hydrogen-bond donors (Lipinski definition) is 1. The molecule has 102 valence electrons. The summed E-state index contributed by atoms with van der Waals surface area (Å²) in [5.74, 6) is 0. The minimum Gasteiger partial charge on any atom is -0.399 e. The summed E-state index contributed by atoms with van der Waals surface area (Å²) < 4.78 is 0. The van der Waals surface area contributed by atoms with Crippen LogP contribution in [0.2, 0.25) is 10.0 Å². The summed E-state index contributed by atoms with van der Waals surface area (Å²) in [6.45, 7) is 0.504. The molecule has 0 amide bonds. The summed E-state index contributed by atoms with van der Waals surface area (Å²) in [4.78, 5) is 1.92. The molecule has 0 bridgehead atoms. The van der Waals surface area contributed by atoms with Crippen molar-refractivity contribution in [1.29, 1.82) is 5.26 Å². The predicted molar refractivity (Wildman–Crippen MR) is 84.6 cm³/mol. The second-order valence-corrected chi connectivity index (χ2v) is 5.04. The van der Waals surface area contributed by atoms with E-state index in [2.05, 4.69) is 6.07 Å². The lowest BCUT2D eigenvalue weighted by Gasteiger charge is -2.26. The van der Waals surface area contributed by atoms with Crippen LogP contribution >= 0.6 is 23.2 Å². The Morgan fingerprint density at radius 1 is 1.10 bits per heavy atom. The van der Waals surface area contributed by atoms with Crippen molar-refractivity contribution in [3.05, 3.63) is 52.5 Å². The summed E-state index contributed by atoms with van der Waals surface area (Å²) in [7, 11) is 0. The van der Waals surface area contributed by atoms with E-state index in [1.807, 2.05) is 35.2 Å². The molecular weight excluding hydrogens is 293 g/mol. The molecule has 2 aromatic rings. The maximum absolute atomic E-state index is 8.83. The molecule has 0 aromatic heterocycles. The smallest absolute Gasteiger partial charge is 0.0791 e. The van der Waals surface area contributed by atoms with Crippen molar-refractivity contribution in [2.24, 2.45) is 0 Å². The zero-order valence-electron chi connectivity index (χ0n) is 10.7. The number of hydrogen-bond acceptors (Lipinski definition) is 3. The molecule has 5 heteroatoms. The zero-order valence-corrected chi connectivity index (χ0v) is 12.2. The minimum absolute atomic E-state index is 0.367. The molecule has 0 heterocycles. The SMILES string of the molecule is N#CCCN(c1ccccc1)c1c(Cl)cc(N)cc1Cl. The van der Waals surface area contributed by atoms with Crippen molar-refractivity contribution in [2.75, 3.05) is 17.2 Å². The van der Waals surface area contributed by atoms with Gasteiger partial charge in [-0.1, -0.05) is 41.4 Å². The summed E-state index contributed by atoms with van der Waals surface area (Å²) in [6, 6.07) is 15.1. The molecule has 0 spiro atoms. The topological polar surface area (TPSA) is 53.0 Å². The fourth-order valence-electron chi connectivity index (χ4n) is 1.98. The number of halogens is 2. The van der Waals surface area contributed by atoms with Crippen LogP contribution in [-0.2, 0) is 0 Å². The van der Waals surface area contributed by atoms with Gasteiger partial charge in [-0.3, -0.25) is 0 Å². The van der Waals surface area contributed by atoms with Gasteiger partial charge in [0.1, 0.15) is 0 Å². The van der Waals surface area contributed by atoms with Crippen LogP contribution in [0, 0.1) is 11.3 Å². The molecule has 2 N–H and O–H groups in total. The van der Waals surface area contributed by atoms with Crippen molar-refractivity contribution >= 4 is 40.3 Å². The molecule has 0 saturated heterocycles. The van der Waals surface area contributed by atoms with Crippen LogP contribution in [0.5, 0.6) is 0 Å². The molecule has 2 aromatic carbocycles. The molecule has 20 heavy (non-hydrogen) atoms. The third-order valence-corrected chi connectivity index (χ3v) is 3.40. The average molecular weight is 306 g/mol. The monoisotopic (exact) mass is 305 g/mol. The first-order valence-corrected chi connectivity index (χ1v) is 6.83. The summed E-state index contributed by atoms with van der Waals surface area (Å²) in [6.07, 6.45) is 0.367. The van der Waals surface area contributed by atoms with E-state index in [0.29, 0.717) is 34.4 Å². The summed E-state index contributed by atoms with van der Waals surface area (Å²) in [5, 5.41) is 9.77. The number of anilines is 3. The number of nitrogens with zero attached hydrogens (tertiary/aromatic N) is 2. The van der Waals surface area contributed by atoms with Crippen molar-refractivity contribution in [2.45, 2.75) is 6.42 Å². The molecular formula is C15H13Cl2N3. The fraction of sp³-hybridized carbons (Fsp3) is 0.133. The van der Waals surface area contributed by atoms with Gasteiger partial charge in [-0.05, 0) is 24.3 Å². The van der Waals surface area contributed by atoms with E-state index < -0.39 is 0 Å². The largest absolute Gasteiger partial charge is 0.399 e. The van der Waals surface area contributed by atoms with Crippen LogP contribution in [0.4, 0.5) is 17.1 Å². The molecule has 0 unspecified atom stereocenters. The van der Waals surface area contributed by atoms with Gasteiger partial charge >= 0.3 is 0 Å². The van der Waals surface area contributed by atoms with E-state index in [0.717, 1.165) is 5.69 Å². The highest BCUT2D eigenvalue weighted by molar-refractivity contribution is 6.39. The molecule has 0 saturated carbocycles. The number of nitriles is 1. The van der Waals surface area contributed by atoms with E-state index >= 15 is 0 Å². The van der Waals surface area contributed by atoms with Gasteiger partial charge in [-0.15, -0.1) is 0 Å². The van der Waals surface area contributed by atoms with E-state index in [-0.39, 0.29) is 0 Å². The molecule has 0 aliphatic heterocycles. The highest BCUT2D eigenvalue weighted by atomic mass is 35.5. The standard InChI is InChI=1S/C15H13Cl2N3/c16-13-9-11(19)10-14(17)15(13)20(8-4-7-18)12-5-2-1-3-6-12/h1-3,5-6,9-10H,4,8,19H2. The van der Waals surface area contributed by atoms with Gasteiger partial charge in [-0.25, -0.2) is 0 Å². The Morgan fingerprint density at radius 3 is 2.25 bits per heavy atom. The van der Waals surface area contributed by atoms with Crippen LogP contribution < -0.4 is 10.6 Å². The number of para-hydroxylation sites is 1. The Balaban J connectivity index is 2.50. The Morgan fingerprint density at radius 2 is 1.70 bits per heavy atom. The molecule has 2 rings (SSSR count). The number of benzene rings is 2. The van der Waals surface area contributed by atoms with Gasteiger partial charge in [0, 0.05) is 17.9 Å². The van der Waals surface area contributed by atoms with Crippen LogP contribution in [0.3, 0.4) is 0 Å². The Kier molecular flexibility index (Phi) is 4.73. The maximum Gasteiger partial charge on any atom is 0.0791 e. The van der Waals surface area contributed by atoms with Gasteiger partial charge in [0.05, 0.1) is 28.2 Å². The van der Waals surface area contributed by atoms with Crippen LogP contribution in [0.15, 0.2) is 42.5 Å². The van der Waals surface area contributed by atoms with Crippen molar-refractivity contribution in [1.82, 2.24) is 0 Å². The lowest BCUT2D eigenvalue weighted by molar-refractivity contribution is 0.948. The normalized spacial score (nSPS) is 10.1. The van der Waals surface area contributed by atoms with E-state index in [9.17, 15) is 0 Å². The van der Waals surface area contributed by atoms with Crippen LogP contribution in [0.1, 0.15) is 6.42 Å². The molecule has 0 aliphatic rings. The number of nitrogens with two attached hydrogens (primary N) is 1. The summed E-state index contributed by atoms with van der Waals surface area (Å²) in [5.41, 5.74) is 7.84. The highest BCUT2D eigenvalue weighted by Gasteiger charge is 2.16. The molecule has 0 aliphatic carbocycles.